The van der Waals surface area contributed by atoms with Gasteiger partial charge in [0.15, 0.2) is 0 Å². The fourth-order valence-corrected chi connectivity index (χ4v) is 6.77. The van der Waals surface area contributed by atoms with Crippen LogP contribution in [0.1, 0.15) is 27.6 Å². The summed E-state index contributed by atoms with van der Waals surface area (Å²) in [6.45, 7) is 5.96. The first-order valence-electron chi connectivity index (χ1n) is 22.8. The number of carboxylic acid groups (broad SMARTS) is 2. The summed E-state index contributed by atoms with van der Waals surface area (Å²) >= 11 is 1.47. The van der Waals surface area contributed by atoms with Gasteiger partial charge in [-0.3, -0.25) is 9.36 Å². The first-order valence-corrected chi connectivity index (χ1v) is 25.8. The van der Waals surface area contributed by atoms with Crippen LogP contribution < -0.4 is 4.68 Å². The molecule has 16 heteroatoms. The van der Waals surface area contributed by atoms with E-state index in [-0.39, 0.29) is 33.2 Å². The number of pyridine rings is 1. The Bertz CT molecular complexity index is 3030. The molecule has 13 nitrogen and oxygen atoms in total. The number of hydrogen-bond acceptors (Lipinski definition) is 7. The number of benzene rings is 6. The van der Waals surface area contributed by atoms with Gasteiger partial charge in [0.25, 0.3) is 0 Å². The van der Waals surface area contributed by atoms with Crippen molar-refractivity contribution in [3.05, 3.63) is 280 Å². The van der Waals surface area contributed by atoms with Crippen molar-refractivity contribution in [2.24, 2.45) is 0 Å². The van der Waals surface area contributed by atoms with Crippen molar-refractivity contribution in [2.45, 2.75) is 20.8 Å². The number of halogens is 1. The third kappa shape index (κ3) is 18.9. The van der Waals surface area contributed by atoms with Crippen molar-refractivity contribution in [1.29, 1.82) is 0 Å². The van der Waals surface area contributed by atoms with Gasteiger partial charge in [-0.1, -0.05) is 120 Å². The minimum atomic E-state index is -1.07. The van der Waals surface area contributed by atoms with Crippen LogP contribution in [0.4, 0.5) is 4.79 Å². The Hall–Kier alpha value is -8.29. The predicted octanol–water partition coefficient (Wildman–Crippen LogP) is 13.0. The molecule has 11 aromatic rings. The Morgan fingerprint density at radius 1 is 0.487 bits per heavy atom. The predicted molar refractivity (Wildman–Crippen MR) is 290 cm³/mol. The van der Waals surface area contributed by atoms with Gasteiger partial charge in [-0.05, 0) is 91.8 Å². The maximum absolute atomic E-state index is 10.1. The molecule has 0 aliphatic carbocycles. The monoisotopic (exact) mass is 1380 g/mol. The number of carboxylic acids is 1. The zero-order chi connectivity index (χ0) is 52.5. The molecule has 0 aliphatic heterocycles. The molecule has 0 amide bonds. The second-order valence-electron chi connectivity index (χ2n) is 15.7. The molecule has 387 valence electrons. The van der Waals surface area contributed by atoms with Crippen molar-refractivity contribution < 1.29 is 62.5 Å². The molecule has 0 spiro atoms. The van der Waals surface area contributed by atoms with Gasteiger partial charge in [-0.15, -0.1) is 23.3 Å². The summed E-state index contributed by atoms with van der Waals surface area (Å²) in [5.74, 6) is -0.990. The fourth-order valence-electron chi connectivity index (χ4n) is 6.77. The maximum Gasteiger partial charge on any atom is 0 e. The largest absolute Gasteiger partial charge is 0 e. The average Bonchev–Trinajstić information content (AvgIpc) is 4.24. The Kier molecular flexibility index (Phi) is 25.5. The van der Waals surface area contributed by atoms with E-state index in [0.29, 0.717) is 0 Å². The third-order valence-electron chi connectivity index (χ3n) is 10.4. The van der Waals surface area contributed by atoms with E-state index in [1.807, 2.05) is 138 Å². The van der Waals surface area contributed by atoms with Crippen LogP contribution in [0.15, 0.2) is 237 Å². The van der Waals surface area contributed by atoms with Crippen molar-refractivity contribution in [3.8, 4) is 50.4 Å². The SMILES string of the molecule is Cc1ccn(-c2[c-]cc(-c3ccccc3)cc2)n1.Cc1ccn(-c2[c-]cc(-c3ccccc3)cc2)n1.Cc1ccn(-c2ccc(-c3ccccc3)cc2)n1.O=C(O)[n+]1ccccn1.O=C(O)c1ccccn1.[CH3-].[Cl][Ir+2].[Ir]. The molecule has 1 radical (unpaired) electrons. The van der Waals surface area contributed by atoms with Crippen LogP contribution in [0.25, 0.3) is 50.4 Å². The average molecular weight is 1380 g/mol. The molecular weight excluding hydrogens is 1330 g/mol. The molecule has 2 N–H and O–H groups in total. The van der Waals surface area contributed by atoms with E-state index in [1.54, 1.807) is 24.3 Å². The van der Waals surface area contributed by atoms with Gasteiger partial charge in [-0.25, -0.2) is 14.5 Å². The van der Waals surface area contributed by atoms with Crippen LogP contribution in [0.5, 0.6) is 0 Å². The number of aromatic carboxylic acids is 1. The molecule has 5 heterocycles. The number of carbonyl (C=O) groups is 2. The van der Waals surface area contributed by atoms with E-state index < -0.39 is 12.1 Å². The molecule has 0 fully saturated rings. The number of hydrogen-bond donors (Lipinski definition) is 2. The maximum atomic E-state index is 10.1. The number of aromatic nitrogens is 9. The molecule has 0 saturated carbocycles. The van der Waals surface area contributed by atoms with Crippen molar-refractivity contribution >= 4 is 21.6 Å². The Labute approximate surface area is 471 Å². The summed E-state index contributed by atoms with van der Waals surface area (Å²) in [7, 11) is 4.64. The Balaban J connectivity index is 0.000000208. The molecule has 0 aliphatic rings. The number of rotatable bonds is 7. The van der Waals surface area contributed by atoms with Gasteiger partial charge >= 0.3 is 39.5 Å². The van der Waals surface area contributed by atoms with Crippen molar-refractivity contribution in [2.75, 3.05) is 0 Å². The second kappa shape index (κ2) is 32.1. The minimum absolute atomic E-state index is 0. The summed E-state index contributed by atoms with van der Waals surface area (Å²) in [4.78, 5) is 23.8. The fraction of sp³-hybridized carbons (Fsp3) is 0.0500. The second-order valence-corrected chi connectivity index (χ2v) is 15.7. The zero-order valence-electron chi connectivity index (χ0n) is 41.8. The molecular formula is C60H53ClIr2N9O4. The zero-order valence-corrected chi connectivity index (χ0v) is 47.3. The number of aryl methyl sites for hydroxylation is 3. The van der Waals surface area contributed by atoms with Crippen LogP contribution in [0.2, 0.25) is 0 Å². The van der Waals surface area contributed by atoms with Gasteiger partial charge in [0.05, 0.1) is 29.0 Å². The van der Waals surface area contributed by atoms with Crippen LogP contribution in [-0.2, 0) is 38.0 Å². The van der Waals surface area contributed by atoms with E-state index in [4.69, 9.17) is 10.2 Å². The summed E-state index contributed by atoms with van der Waals surface area (Å²) in [5, 5.41) is 33.2. The normalized spacial score (nSPS) is 9.64. The molecule has 0 unspecified atom stereocenters. The first kappa shape index (κ1) is 60.3. The summed E-state index contributed by atoms with van der Waals surface area (Å²) < 4.78 is 6.40. The van der Waals surface area contributed by atoms with Gasteiger partial charge in [0, 0.05) is 60.7 Å². The van der Waals surface area contributed by atoms with E-state index in [0.717, 1.165) is 38.8 Å². The van der Waals surface area contributed by atoms with Gasteiger partial charge in [0.1, 0.15) is 5.69 Å². The third-order valence-corrected chi connectivity index (χ3v) is 10.4. The summed E-state index contributed by atoms with van der Waals surface area (Å²) in [6, 6.07) is 72.2. The van der Waals surface area contributed by atoms with E-state index in [2.05, 4.69) is 132 Å². The van der Waals surface area contributed by atoms with E-state index >= 15 is 0 Å². The summed E-state index contributed by atoms with van der Waals surface area (Å²) in [5.41, 5.74) is 13.4. The Morgan fingerprint density at radius 2 is 0.882 bits per heavy atom. The minimum Gasteiger partial charge on any atom is 0 e. The van der Waals surface area contributed by atoms with Gasteiger partial charge < -0.3 is 17.6 Å². The standard InChI is InChI=1S/C16H14N2.2C16H13N2.C6H5NO2.C5H4N2O2.CH3.ClH.2Ir/c3*1-13-11-12-18(17-13)16-9-7-15(8-10-16)14-5-3-2-4-6-14;8-6(9)5-3-1-2-4-7-5;8-5(9)7-4-2-1-3-6-7;;;;/h2-12H,1H3;2*2-9,11-12H,1H3;1-4H,(H,8,9);1-4H;1H3;1H;;/q;2*-1;;;-1;;;+3. The van der Waals surface area contributed by atoms with Gasteiger partial charge in [0.2, 0.25) is 6.20 Å². The molecule has 0 bridgehead atoms. The molecule has 0 saturated heterocycles. The van der Waals surface area contributed by atoms with E-state index in [1.165, 1.54) is 75.9 Å². The van der Waals surface area contributed by atoms with E-state index in [9.17, 15) is 9.59 Å². The van der Waals surface area contributed by atoms with Crippen molar-refractivity contribution in [1.82, 2.24) is 39.4 Å². The quantitative estimate of drug-likeness (QED) is 0.117. The number of nitrogens with zero attached hydrogens (tertiary/aromatic N) is 9. The van der Waals surface area contributed by atoms with Crippen LogP contribution >= 0.6 is 9.58 Å². The van der Waals surface area contributed by atoms with Crippen LogP contribution in [-0.4, -0.2) is 61.7 Å². The van der Waals surface area contributed by atoms with Crippen LogP contribution in [0.3, 0.4) is 0 Å². The van der Waals surface area contributed by atoms with Crippen molar-refractivity contribution in [3.63, 3.8) is 0 Å². The first-order chi connectivity index (χ1) is 36.1. The van der Waals surface area contributed by atoms with Crippen LogP contribution in [0, 0.1) is 40.3 Å². The molecule has 6 aromatic carbocycles. The Morgan fingerprint density at radius 3 is 1.20 bits per heavy atom. The smallest absolute Gasteiger partial charge is 0 e. The topological polar surface area (TPSA) is 158 Å². The molecule has 11 rings (SSSR count). The molecule has 0 atom stereocenters. The molecule has 5 aromatic heterocycles. The molecule has 76 heavy (non-hydrogen) atoms. The summed E-state index contributed by atoms with van der Waals surface area (Å²) in [6.07, 6.45) is 9.02. The van der Waals surface area contributed by atoms with Gasteiger partial charge in [-0.2, -0.15) is 56.5 Å².